The Hall–Kier alpha value is -9.49. The molecule has 7 aromatic carbocycles. The summed E-state index contributed by atoms with van der Waals surface area (Å²) in [5, 5.41) is 12.6. The Morgan fingerprint density at radius 1 is 0.385 bits per heavy atom. The zero-order valence-corrected chi connectivity index (χ0v) is 48.9. The van der Waals surface area contributed by atoms with Gasteiger partial charge in [-0.1, -0.05) is 127 Å². The van der Waals surface area contributed by atoms with Crippen molar-refractivity contribution in [3.05, 3.63) is 251 Å². The lowest BCUT2D eigenvalue weighted by Crippen LogP contribution is -2.63. The molecule has 22 heteroatoms. The summed E-state index contributed by atoms with van der Waals surface area (Å²) >= 11 is 0. The first-order valence-corrected chi connectivity index (χ1v) is 29.2. The summed E-state index contributed by atoms with van der Waals surface area (Å²) in [6, 6.07) is 55.3. The summed E-state index contributed by atoms with van der Waals surface area (Å²) in [6.45, 7) is 1.20. The molecular formula is C69H62O22. The Morgan fingerprint density at radius 2 is 0.692 bits per heavy atom. The Bertz CT molecular complexity index is 3600. The minimum atomic E-state index is -1.87. The van der Waals surface area contributed by atoms with Gasteiger partial charge in [0.25, 0.3) is 0 Å². The number of carbonyl (C=O) groups is 7. The largest absolute Gasteiger partial charge is 0.459 e. The molecule has 0 amide bonds. The lowest BCUT2D eigenvalue weighted by atomic mass is 9.97. The third kappa shape index (κ3) is 15.4. The molecule has 14 atom stereocenters. The van der Waals surface area contributed by atoms with Crippen LogP contribution in [0.1, 0.15) is 86.4 Å². The summed E-state index contributed by atoms with van der Waals surface area (Å²) in [5.41, 5.74) is 0.721. The summed E-state index contributed by atoms with van der Waals surface area (Å²) in [7, 11) is 0. The third-order valence-electron chi connectivity index (χ3n) is 15.0. The molecule has 0 unspecified atom stereocenters. The van der Waals surface area contributed by atoms with E-state index in [9.17, 15) is 38.7 Å². The number of benzene rings is 7. The molecule has 1 N–H and O–H groups in total. The molecule has 0 radical (unpaired) electrons. The molecule has 0 aliphatic carbocycles. The van der Waals surface area contributed by atoms with Crippen molar-refractivity contribution in [2.24, 2.45) is 0 Å². The van der Waals surface area contributed by atoms with Gasteiger partial charge in [-0.2, -0.15) is 0 Å². The highest BCUT2D eigenvalue weighted by Crippen LogP contribution is 2.43. The Labute approximate surface area is 521 Å². The van der Waals surface area contributed by atoms with E-state index in [1.54, 1.807) is 141 Å². The van der Waals surface area contributed by atoms with E-state index in [1.807, 2.05) is 0 Å². The van der Waals surface area contributed by atoms with Gasteiger partial charge in [0.2, 0.25) is 0 Å². The number of carbonyl (C=O) groups excluding carboxylic acids is 7. The van der Waals surface area contributed by atoms with Gasteiger partial charge in [-0.25, -0.2) is 33.6 Å². The molecule has 470 valence electrons. The minimum Gasteiger partial charge on any atom is -0.459 e. The number of ether oxygens (including phenoxy) is 14. The number of fused-ring (bicyclic) bond motifs is 1. The number of hydrogen-bond donors (Lipinski definition) is 1. The van der Waals surface area contributed by atoms with Gasteiger partial charge in [0, 0.05) is 0 Å². The minimum absolute atomic E-state index is 0.0375. The van der Waals surface area contributed by atoms with Crippen molar-refractivity contribution in [2.75, 3.05) is 19.8 Å². The van der Waals surface area contributed by atoms with Crippen LogP contribution in [0.2, 0.25) is 0 Å². The Kier molecular flexibility index (Phi) is 20.1. The van der Waals surface area contributed by atoms with Gasteiger partial charge in [-0.3, -0.25) is 0 Å². The number of aliphatic hydroxyl groups is 1. The molecule has 22 nitrogen and oxygen atoms in total. The molecule has 0 bridgehead atoms. The second kappa shape index (κ2) is 29.0. The fraction of sp³-hybridized carbons (Fsp3) is 0.290. The molecule has 4 fully saturated rings. The van der Waals surface area contributed by atoms with Gasteiger partial charge in [0.1, 0.15) is 49.8 Å². The van der Waals surface area contributed by atoms with Gasteiger partial charge in [0.15, 0.2) is 55.2 Å². The van der Waals surface area contributed by atoms with E-state index in [1.165, 1.54) is 84.9 Å². The molecule has 4 aliphatic rings. The van der Waals surface area contributed by atoms with Crippen molar-refractivity contribution in [3.8, 4) is 0 Å². The molecule has 11 rings (SSSR count). The van der Waals surface area contributed by atoms with Gasteiger partial charge in [-0.05, 0) is 98.8 Å². The van der Waals surface area contributed by atoms with Crippen LogP contribution in [0.5, 0.6) is 0 Å². The van der Waals surface area contributed by atoms with Crippen LogP contribution >= 0.6 is 0 Å². The van der Waals surface area contributed by atoms with Gasteiger partial charge in [0.05, 0.1) is 45.6 Å². The Balaban J connectivity index is 0.928. The molecule has 4 heterocycles. The molecule has 4 saturated heterocycles. The molecule has 0 spiro atoms. The van der Waals surface area contributed by atoms with E-state index in [0.717, 1.165) is 0 Å². The predicted octanol–water partition coefficient (Wildman–Crippen LogP) is 7.92. The average Bonchev–Trinajstić information content (AvgIpc) is 1.71. The highest BCUT2D eigenvalue weighted by atomic mass is 16.9. The second-order valence-electron chi connectivity index (χ2n) is 21.8. The maximum Gasteiger partial charge on any atom is 0.338 e. The third-order valence-corrected chi connectivity index (χ3v) is 15.0. The fourth-order valence-electron chi connectivity index (χ4n) is 10.6. The normalized spacial score (nSPS) is 25.8. The van der Waals surface area contributed by atoms with Crippen molar-refractivity contribution in [3.63, 3.8) is 0 Å². The number of esters is 7. The average molecular weight is 1240 g/mol. The predicted molar refractivity (Wildman–Crippen MR) is 315 cm³/mol. The summed E-state index contributed by atoms with van der Waals surface area (Å²) in [4.78, 5) is 98.1. The van der Waals surface area contributed by atoms with Crippen LogP contribution in [0.15, 0.2) is 212 Å². The van der Waals surface area contributed by atoms with E-state index in [2.05, 4.69) is 0 Å². The lowest BCUT2D eigenvalue weighted by molar-refractivity contribution is -0.307. The van der Waals surface area contributed by atoms with Crippen molar-refractivity contribution in [1.82, 2.24) is 0 Å². The van der Waals surface area contributed by atoms with Gasteiger partial charge >= 0.3 is 41.8 Å². The van der Waals surface area contributed by atoms with E-state index >= 15 is 0 Å². The zero-order valence-electron chi connectivity index (χ0n) is 48.9. The second-order valence-corrected chi connectivity index (χ2v) is 21.8. The van der Waals surface area contributed by atoms with Gasteiger partial charge < -0.3 is 71.4 Å². The first kappa shape index (κ1) is 63.1. The van der Waals surface area contributed by atoms with Crippen molar-refractivity contribution >= 4 is 41.8 Å². The number of hydrogen-bond acceptors (Lipinski definition) is 22. The van der Waals surface area contributed by atoms with E-state index in [-0.39, 0.29) is 38.9 Å². The van der Waals surface area contributed by atoms with Crippen LogP contribution < -0.4 is 0 Å². The van der Waals surface area contributed by atoms with Crippen LogP contribution in [0.3, 0.4) is 0 Å². The first-order valence-electron chi connectivity index (χ1n) is 29.2. The van der Waals surface area contributed by atoms with Crippen LogP contribution in [0, 0.1) is 0 Å². The molecule has 7 aromatic rings. The first-order chi connectivity index (χ1) is 44.2. The highest BCUT2D eigenvalue weighted by Gasteiger charge is 2.61. The smallest absolute Gasteiger partial charge is 0.338 e. The maximum absolute atomic E-state index is 14.3. The zero-order chi connectivity index (χ0) is 63.4. The van der Waals surface area contributed by atoms with Crippen LogP contribution in [-0.4, -0.2) is 159 Å². The molecule has 4 aliphatic heterocycles. The number of aliphatic hydroxyl groups excluding tert-OH is 1. The molecule has 0 aromatic heterocycles. The van der Waals surface area contributed by atoms with Crippen molar-refractivity contribution in [2.45, 2.75) is 106 Å². The fourth-order valence-corrected chi connectivity index (χ4v) is 10.6. The number of rotatable bonds is 22. The van der Waals surface area contributed by atoms with Gasteiger partial charge in [-0.15, -0.1) is 0 Å². The monoisotopic (exact) mass is 1240 g/mol. The summed E-state index contributed by atoms with van der Waals surface area (Å²) in [5.74, 6) is -7.47. The molecular weight excluding hydrogens is 1180 g/mol. The summed E-state index contributed by atoms with van der Waals surface area (Å²) in [6.07, 6.45) is -22.3. The van der Waals surface area contributed by atoms with Crippen LogP contribution in [-0.2, 0) is 66.3 Å². The standard InChI is InChI=1S/C69H62O22/c1-69(2)90-58-54(89-67-56(86-64(76)46-34-20-8-21-35-46)53(84-62(74)44-30-16-6-17-31-44)50(82-67)40-79-60(72)42-26-12-4-13-27-42)51(88-68(58)91-69)48(70)38-80-66-57(87-65(77)47-36-22-9-23-37-47)55(85-63(75)45-32-18-7-19-33-45)52(83-61(73)43-28-14-5-15-29-43)49(81-66)39-78-59(71)41-24-10-3-11-25-41/h3-37,48-58,66-68,70H,38-40H2,1-2H3/t48-,49-,50+,51+,52+,53+,54+,55+,56-,57-,58-,66-,67+,68-/m1/s1. The van der Waals surface area contributed by atoms with E-state index in [0.29, 0.717) is 0 Å². The highest BCUT2D eigenvalue weighted by molar-refractivity contribution is 5.93. The SMILES string of the molecule is CC1(C)O[C@H]2O[C@@H]([C@H](O)CO[C@@H]3O[C@H](COC(=O)c4ccccc4)[C@H](OC(=O)c4ccccc4)[C@H](OC(=O)c4ccccc4)[C@H]3OC(=O)c3ccccc3)[C@H](O[C@@H]3O[C@@H](COC(=O)c4ccccc4)[C@H](OC(=O)c4ccccc4)[C@H]3OC(=O)c3ccccc3)[C@H]2O1. The lowest BCUT2D eigenvalue weighted by Gasteiger charge is -2.44. The topological polar surface area (TPSA) is 269 Å². The maximum atomic E-state index is 14.3. The van der Waals surface area contributed by atoms with Crippen LogP contribution in [0.4, 0.5) is 0 Å². The Morgan fingerprint density at radius 3 is 1.07 bits per heavy atom. The summed E-state index contributed by atoms with van der Waals surface area (Å²) < 4.78 is 87.6. The van der Waals surface area contributed by atoms with Crippen LogP contribution in [0.25, 0.3) is 0 Å². The molecule has 0 saturated carbocycles. The van der Waals surface area contributed by atoms with E-state index in [4.69, 9.17) is 66.3 Å². The quantitative estimate of drug-likeness (QED) is 0.0498. The van der Waals surface area contributed by atoms with Crippen molar-refractivity contribution in [1.29, 1.82) is 0 Å². The van der Waals surface area contributed by atoms with Crippen molar-refractivity contribution < 1.29 is 105 Å². The molecule has 91 heavy (non-hydrogen) atoms. The van der Waals surface area contributed by atoms with E-state index < -0.39 is 153 Å².